The predicted octanol–water partition coefficient (Wildman–Crippen LogP) is 1.61. The van der Waals surface area contributed by atoms with Crippen LogP contribution < -0.4 is 0 Å². The van der Waals surface area contributed by atoms with Gasteiger partial charge in [-0.3, -0.25) is 0 Å². The van der Waals surface area contributed by atoms with Crippen LogP contribution in [0.3, 0.4) is 0 Å². The smallest absolute Gasteiger partial charge is 0.0809 e. The molecule has 0 aromatic carbocycles. The Bertz CT molecular complexity index is 123. The van der Waals surface area contributed by atoms with Gasteiger partial charge in [0.05, 0.1) is 12.9 Å². The Balaban J connectivity index is 2.45. The molecule has 1 fully saturated rings. The van der Waals surface area contributed by atoms with Crippen LogP contribution in [0.2, 0.25) is 0 Å². The molecule has 0 aromatic rings. The molecule has 0 heterocycles. The molecule has 0 saturated heterocycles. The van der Waals surface area contributed by atoms with Crippen molar-refractivity contribution in [3.05, 3.63) is 11.8 Å². The third-order valence-electron chi connectivity index (χ3n) is 2.23. The molecular formula is C8H14O2. The first kappa shape index (κ1) is 7.61. The highest BCUT2D eigenvalue weighted by molar-refractivity contribution is 5.04. The molecule has 2 heteroatoms. The van der Waals surface area contributed by atoms with E-state index >= 15 is 0 Å². The van der Waals surface area contributed by atoms with Crippen LogP contribution in [0.15, 0.2) is 11.8 Å². The summed E-state index contributed by atoms with van der Waals surface area (Å²) in [7, 11) is 0. The van der Waals surface area contributed by atoms with E-state index in [0.29, 0.717) is 5.92 Å². The average molecular weight is 142 g/mol. The van der Waals surface area contributed by atoms with Crippen molar-refractivity contribution in [1.29, 1.82) is 0 Å². The molecule has 1 aliphatic rings. The van der Waals surface area contributed by atoms with Gasteiger partial charge >= 0.3 is 0 Å². The molecule has 0 radical (unpaired) electrons. The first-order valence-electron chi connectivity index (χ1n) is 3.82. The van der Waals surface area contributed by atoms with Crippen LogP contribution in [0, 0.1) is 5.92 Å². The second-order valence-corrected chi connectivity index (χ2v) is 2.84. The summed E-state index contributed by atoms with van der Waals surface area (Å²) in [4.78, 5) is 0. The normalized spacial score (nSPS) is 21.9. The maximum absolute atomic E-state index is 8.76. The topological polar surface area (TPSA) is 40.5 Å². The lowest BCUT2D eigenvalue weighted by Gasteiger charge is -2.08. The second kappa shape index (κ2) is 3.62. The summed E-state index contributed by atoms with van der Waals surface area (Å²) >= 11 is 0. The molecule has 0 spiro atoms. The fourth-order valence-corrected chi connectivity index (χ4v) is 1.57. The van der Waals surface area contributed by atoms with Gasteiger partial charge in [-0.25, -0.2) is 0 Å². The van der Waals surface area contributed by atoms with Crippen LogP contribution in [0.4, 0.5) is 0 Å². The Hall–Kier alpha value is -0.500. The lowest BCUT2D eigenvalue weighted by molar-refractivity contribution is 0.304. The van der Waals surface area contributed by atoms with E-state index in [1.54, 1.807) is 0 Å². The number of hydrogen-bond acceptors (Lipinski definition) is 2. The van der Waals surface area contributed by atoms with Crippen molar-refractivity contribution < 1.29 is 10.2 Å². The summed E-state index contributed by atoms with van der Waals surface area (Å²) in [5.41, 5.74) is 0.803. The zero-order valence-electron chi connectivity index (χ0n) is 6.08. The molecule has 0 amide bonds. The van der Waals surface area contributed by atoms with Gasteiger partial charge in [0.15, 0.2) is 0 Å². The van der Waals surface area contributed by atoms with Crippen LogP contribution >= 0.6 is 0 Å². The quantitative estimate of drug-likeness (QED) is 0.575. The highest BCUT2D eigenvalue weighted by atomic mass is 16.3. The van der Waals surface area contributed by atoms with Crippen LogP contribution in [0.25, 0.3) is 0 Å². The van der Waals surface area contributed by atoms with Crippen LogP contribution in [-0.2, 0) is 0 Å². The highest BCUT2D eigenvalue weighted by Gasteiger charge is 2.18. The van der Waals surface area contributed by atoms with Crippen LogP contribution in [0.1, 0.15) is 25.7 Å². The lowest BCUT2D eigenvalue weighted by Crippen LogP contribution is -2.02. The predicted molar refractivity (Wildman–Crippen MR) is 39.8 cm³/mol. The van der Waals surface area contributed by atoms with Crippen molar-refractivity contribution in [2.45, 2.75) is 25.7 Å². The minimum absolute atomic E-state index is 0.0150. The Morgan fingerprint density at radius 3 is 2.40 bits per heavy atom. The van der Waals surface area contributed by atoms with Crippen molar-refractivity contribution in [2.75, 3.05) is 6.61 Å². The maximum Gasteiger partial charge on any atom is 0.0809 e. The molecular weight excluding hydrogens is 128 g/mol. The van der Waals surface area contributed by atoms with E-state index in [1.807, 2.05) is 0 Å². The first-order chi connectivity index (χ1) is 4.88. The molecule has 0 aliphatic heterocycles. The Kier molecular flexibility index (Phi) is 2.75. The van der Waals surface area contributed by atoms with E-state index in [0.717, 1.165) is 24.7 Å². The van der Waals surface area contributed by atoms with E-state index in [2.05, 4.69) is 0 Å². The lowest BCUT2D eigenvalue weighted by atomic mass is 10.00. The first-order valence-corrected chi connectivity index (χ1v) is 3.82. The molecule has 0 unspecified atom stereocenters. The third kappa shape index (κ3) is 1.51. The van der Waals surface area contributed by atoms with Gasteiger partial charge < -0.3 is 10.2 Å². The molecule has 0 bridgehead atoms. The minimum Gasteiger partial charge on any atom is -0.516 e. The van der Waals surface area contributed by atoms with Crippen molar-refractivity contribution in [2.24, 2.45) is 5.92 Å². The third-order valence-corrected chi connectivity index (χ3v) is 2.23. The number of aliphatic hydroxyl groups is 2. The number of hydrogen-bond donors (Lipinski definition) is 2. The summed E-state index contributed by atoms with van der Waals surface area (Å²) in [5, 5.41) is 17.4. The van der Waals surface area contributed by atoms with Gasteiger partial charge in [-0.15, -0.1) is 0 Å². The summed E-state index contributed by atoms with van der Waals surface area (Å²) in [5.74, 6) is 0.454. The van der Waals surface area contributed by atoms with E-state index in [1.165, 1.54) is 12.8 Å². The summed E-state index contributed by atoms with van der Waals surface area (Å²) in [6.07, 6.45) is 5.81. The molecule has 0 aromatic heterocycles. The van der Waals surface area contributed by atoms with Gasteiger partial charge in [-0.05, 0) is 24.3 Å². The van der Waals surface area contributed by atoms with E-state index in [-0.39, 0.29) is 6.61 Å². The highest BCUT2D eigenvalue weighted by Crippen LogP contribution is 2.30. The SMILES string of the molecule is O/C=C(\CO)C1CCCC1. The van der Waals surface area contributed by atoms with Crippen molar-refractivity contribution in [3.63, 3.8) is 0 Å². The second-order valence-electron chi connectivity index (χ2n) is 2.84. The van der Waals surface area contributed by atoms with Gasteiger partial charge in [-0.1, -0.05) is 12.8 Å². The fraction of sp³-hybridized carbons (Fsp3) is 0.750. The molecule has 58 valence electrons. The van der Waals surface area contributed by atoms with Gasteiger partial charge in [0.2, 0.25) is 0 Å². The summed E-state index contributed by atoms with van der Waals surface area (Å²) in [6, 6.07) is 0. The Morgan fingerprint density at radius 2 is 2.00 bits per heavy atom. The van der Waals surface area contributed by atoms with Crippen molar-refractivity contribution in [1.82, 2.24) is 0 Å². The standard InChI is InChI=1S/C8H14O2/c9-5-8(6-10)7-3-1-2-4-7/h5,7,9-10H,1-4,6H2/b8-5+. The average Bonchev–Trinajstić information content (AvgIpc) is 2.43. The molecule has 2 N–H and O–H groups in total. The van der Waals surface area contributed by atoms with Gasteiger partial charge in [0, 0.05) is 0 Å². The molecule has 2 nitrogen and oxygen atoms in total. The fourth-order valence-electron chi connectivity index (χ4n) is 1.57. The van der Waals surface area contributed by atoms with Gasteiger partial charge in [0.1, 0.15) is 0 Å². The Morgan fingerprint density at radius 1 is 1.40 bits per heavy atom. The molecule has 10 heavy (non-hydrogen) atoms. The van der Waals surface area contributed by atoms with Gasteiger partial charge in [0.25, 0.3) is 0 Å². The largest absolute Gasteiger partial charge is 0.516 e. The Labute approximate surface area is 61.2 Å². The van der Waals surface area contributed by atoms with Crippen LogP contribution in [-0.4, -0.2) is 16.8 Å². The summed E-state index contributed by atoms with van der Waals surface area (Å²) < 4.78 is 0. The van der Waals surface area contributed by atoms with Crippen molar-refractivity contribution >= 4 is 0 Å². The van der Waals surface area contributed by atoms with E-state index in [4.69, 9.17) is 10.2 Å². The monoisotopic (exact) mass is 142 g/mol. The maximum atomic E-state index is 8.76. The van der Waals surface area contributed by atoms with E-state index in [9.17, 15) is 0 Å². The van der Waals surface area contributed by atoms with Crippen molar-refractivity contribution in [3.8, 4) is 0 Å². The van der Waals surface area contributed by atoms with E-state index < -0.39 is 0 Å². The minimum atomic E-state index is 0.0150. The zero-order chi connectivity index (χ0) is 7.40. The summed E-state index contributed by atoms with van der Waals surface area (Å²) in [6.45, 7) is 0.0150. The van der Waals surface area contributed by atoms with Crippen LogP contribution in [0.5, 0.6) is 0 Å². The molecule has 0 atom stereocenters. The molecule has 1 aliphatic carbocycles. The number of aliphatic hydroxyl groups excluding tert-OH is 2. The number of rotatable bonds is 2. The molecule has 1 saturated carbocycles. The van der Waals surface area contributed by atoms with Gasteiger partial charge in [-0.2, -0.15) is 0 Å². The molecule has 1 rings (SSSR count). The zero-order valence-corrected chi connectivity index (χ0v) is 6.08.